The van der Waals surface area contributed by atoms with E-state index in [0.29, 0.717) is 0 Å². The van der Waals surface area contributed by atoms with Crippen molar-refractivity contribution in [1.82, 2.24) is 4.72 Å². The summed E-state index contributed by atoms with van der Waals surface area (Å²) in [5, 5.41) is 1.80. The third kappa shape index (κ3) is 5.58. The predicted molar refractivity (Wildman–Crippen MR) is 116 cm³/mol. The van der Waals surface area contributed by atoms with Gasteiger partial charge in [0.15, 0.2) is 0 Å². The second-order valence-corrected chi connectivity index (χ2v) is 8.71. The summed E-state index contributed by atoms with van der Waals surface area (Å²) in [6.45, 7) is 4.21. The highest BCUT2D eigenvalue weighted by Crippen LogP contribution is 2.22. The topological polar surface area (TPSA) is 81.7 Å². The Morgan fingerprint density at radius 2 is 1.60 bits per heavy atom. The minimum atomic E-state index is -3.70. The molecule has 0 amide bonds. The van der Waals surface area contributed by atoms with Crippen molar-refractivity contribution >= 4 is 26.8 Å². The molecule has 0 spiro atoms. The van der Waals surface area contributed by atoms with Gasteiger partial charge in [-0.15, -0.1) is 0 Å². The first-order chi connectivity index (χ1) is 14.4. The SMILES string of the molecule is Cc1cccc(C)c1OCCOC(=O)CCNS(=O)(=O)c1ccc2ccccc2c1. The highest BCUT2D eigenvalue weighted by Gasteiger charge is 2.15. The Morgan fingerprint density at radius 3 is 2.33 bits per heavy atom. The normalized spacial score (nSPS) is 11.4. The van der Waals surface area contributed by atoms with Gasteiger partial charge in [0, 0.05) is 6.54 Å². The van der Waals surface area contributed by atoms with Crippen LogP contribution in [0.15, 0.2) is 65.6 Å². The van der Waals surface area contributed by atoms with E-state index in [1.54, 1.807) is 18.2 Å². The van der Waals surface area contributed by atoms with Crippen molar-refractivity contribution < 1.29 is 22.7 Å². The Balaban J connectivity index is 1.43. The molecule has 3 aromatic rings. The summed E-state index contributed by atoms with van der Waals surface area (Å²) in [5.74, 6) is 0.304. The number of para-hydroxylation sites is 1. The van der Waals surface area contributed by atoms with Crippen molar-refractivity contribution in [3.05, 3.63) is 71.8 Å². The van der Waals surface area contributed by atoms with Crippen molar-refractivity contribution in [3.63, 3.8) is 0 Å². The number of carbonyl (C=O) groups excluding carboxylic acids is 1. The number of carbonyl (C=O) groups is 1. The molecule has 3 rings (SSSR count). The Kier molecular flexibility index (Phi) is 7.07. The standard InChI is InChI=1S/C23H25NO5S/c1-17-6-5-7-18(2)23(17)29-15-14-28-22(25)12-13-24-30(26,27)21-11-10-19-8-3-4-9-20(19)16-21/h3-11,16,24H,12-15H2,1-2H3. The van der Waals surface area contributed by atoms with Crippen LogP contribution in [0, 0.1) is 13.8 Å². The number of rotatable bonds is 9. The number of hydrogen-bond donors (Lipinski definition) is 1. The molecule has 0 atom stereocenters. The molecular weight excluding hydrogens is 402 g/mol. The van der Waals surface area contributed by atoms with Crippen molar-refractivity contribution in [2.75, 3.05) is 19.8 Å². The summed E-state index contributed by atoms with van der Waals surface area (Å²) in [6.07, 6.45) is -0.0593. The monoisotopic (exact) mass is 427 g/mol. The van der Waals surface area contributed by atoms with Crippen LogP contribution in [0.4, 0.5) is 0 Å². The molecule has 30 heavy (non-hydrogen) atoms. The van der Waals surface area contributed by atoms with E-state index in [0.717, 1.165) is 27.6 Å². The lowest BCUT2D eigenvalue weighted by atomic mass is 10.1. The van der Waals surface area contributed by atoms with Gasteiger partial charge in [0.2, 0.25) is 10.0 Å². The van der Waals surface area contributed by atoms with E-state index in [2.05, 4.69) is 4.72 Å². The van der Waals surface area contributed by atoms with Crippen LogP contribution >= 0.6 is 0 Å². The van der Waals surface area contributed by atoms with Gasteiger partial charge >= 0.3 is 5.97 Å². The minimum Gasteiger partial charge on any atom is -0.489 e. The van der Waals surface area contributed by atoms with Crippen molar-refractivity contribution in [1.29, 1.82) is 0 Å². The van der Waals surface area contributed by atoms with Crippen LogP contribution in [0.25, 0.3) is 10.8 Å². The summed E-state index contributed by atoms with van der Waals surface area (Å²) >= 11 is 0. The van der Waals surface area contributed by atoms with E-state index in [4.69, 9.17) is 9.47 Å². The molecule has 3 aromatic carbocycles. The zero-order valence-corrected chi connectivity index (χ0v) is 17.9. The molecule has 7 heteroatoms. The number of fused-ring (bicyclic) bond motifs is 1. The quantitative estimate of drug-likeness (QED) is 0.415. The van der Waals surface area contributed by atoms with E-state index in [1.807, 2.05) is 56.3 Å². The van der Waals surface area contributed by atoms with Gasteiger partial charge < -0.3 is 9.47 Å². The molecule has 0 aliphatic carbocycles. The summed E-state index contributed by atoms with van der Waals surface area (Å²) in [5.41, 5.74) is 2.04. The van der Waals surface area contributed by atoms with Gasteiger partial charge in [-0.1, -0.05) is 48.5 Å². The Bertz CT molecular complexity index is 1120. The predicted octanol–water partition coefficient (Wildman–Crippen LogP) is 3.75. The number of nitrogens with one attached hydrogen (secondary N) is 1. The lowest BCUT2D eigenvalue weighted by Crippen LogP contribution is -2.27. The molecule has 6 nitrogen and oxygen atoms in total. The zero-order valence-electron chi connectivity index (χ0n) is 17.1. The van der Waals surface area contributed by atoms with Crippen LogP contribution in [0.2, 0.25) is 0 Å². The molecule has 158 valence electrons. The number of benzene rings is 3. The molecule has 0 saturated carbocycles. The number of hydrogen-bond acceptors (Lipinski definition) is 5. The van der Waals surface area contributed by atoms with Gasteiger partial charge in [0.25, 0.3) is 0 Å². The van der Waals surface area contributed by atoms with Gasteiger partial charge in [-0.3, -0.25) is 4.79 Å². The average molecular weight is 428 g/mol. The van der Waals surface area contributed by atoms with E-state index in [-0.39, 0.29) is 31.1 Å². The second-order valence-electron chi connectivity index (χ2n) is 6.95. The zero-order chi connectivity index (χ0) is 21.6. The summed E-state index contributed by atoms with van der Waals surface area (Å²) < 4.78 is 38.2. The third-order valence-electron chi connectivity index (χ3n) is 4.65. The van der Waals surface area contributed by atoms with E-state index >= 15 is 0 Å². The van der Waals surface area contributed by atoms with E-state index in [9.17, 15) is 13.2 Å². The van der Waals surface area contributed by atoms with Crippen LogP contribution in [-0.2, 0) is 19.6 Å². The maximum atomic E-state index is 12.5. The van der Waals surface area contributed by atoms with Crippen LogP contribution in [0.5, 0.6) is 5.75 Å². The van der Waals surface area contributed by atoms with Crippen LogP contribution < -0.4 is 9.46 Å². The highest BCUT2D eigenvalue weighted by atomic mass is 32.2. The van der Waals surface area contributed by atoms with Crippen molar-refractivity contribution in [2.45, 2.75) is 25.2 Å². The number of aryl methyl sites for hydroxylation is 2. The molecule has 0 aliphatic rings. The molecule has 0 fully saturated rings. The van der Waals surface area contributed by atoms with Gasteiger partial charge in [-0.2, -0.15) is 0 Å². The number of sulfonamides is 1. The smallest absolute Gasteiger partial charge is 0.307 e. The first kappa shape index (κ1) is 21.8. The molecule has 0 saturated heterocycles. The van der Waals surface area contributed by atoms with Crippen LogP contribution in [-0.4, -0.2) is 34.1 Å². The fourth-order valence-electron chi connectivity index (χ4n) is 3.10. The molecule has 0 bridgehead atoms. The molecule has 0 aliphatic heterocycles. The summed E-state index contributed by atoms with van der Waals surface area (Å²) in [4.78, 5) is 12.0. The molecule has 1 N–H and O–H groups in total. The Hall–Kier alpha value is -2.90. The van der Waals surface area contributed by atoms with Gasteiger partial charge in [-0.05, 0) is 47.9 Å². The lowest BCUT2D eigenvalue weighted by Gasteiger charge is -2.12. The van der Waals surface area contributed by atoms with Crippen molar-refractivity contribution in [2.24, 2.45) is 0 Å². The maximum absolute atomic E-state index is 12.5. The third-order valence-corrected chi connectivity index (χ3v) is 6.11. The van der Waals surface area contributed by atoms with Crippen LogP contribution in [0.1, 0.15) is 17.5 Å². The lowest BCUT2D eigenvalue weighted by molar-refractivity contribution is -0.144. The van der Waals surface area contributed by atoms with Gasteiger partial charge in [-0.25, -0.2) is 13.1 Å². The molecule has 0 heterocycles. The highest BCUT2D eigenvalue weighted by molar-refractivity contribution is 7.89. The maximum Gasteiger partial charge on any atom is 0.307 e. The first-order valence-electron chi connectivity index (χ1n) is 9.70. The fraction of sp³-hybridized carbons (Fsp3) is 0.261. The second kappa shape index (κ2) is 9.73. The Labute approximate surface area is 176 Å². The minimum absolute atomic E-state index is 0.0360. The summed E-state index contributed by atoms with van der Waals surface area (Å²) in [7, 11) is -3.70. The fourth-order valence-corrected chi connectivity index (χ4v) is 4.17. The average Bonchev–Trinajstić information content (AvgIpc) is 2.72. The largest absolute Gasteiger partial charge is 0.489 e. The van der Waals surface area contributed by atoms with Crippen LogP contribution in [0.3, 0.4) is 0 Å². The van der Waals surface area contributed by atoms with Gasteiger partial charge in [0.1, 0.15) is 19.0 Å². The van der Waals surface area contributed by atoms with Crippen molar-refractivity contribution in [3.8, 4) is 5.75 Å². The van der Waals surface area contributed by atoms with E-state index in [1.165, 1.54) is 0 Å². The molecule has 0 radical (unpaired) electrons. The molecular formula is C23H25NO5S. The number of esters is 1. The molecule has 0 aromatic heterocycles. The summed E-state index contributed by atoms with van der Waals surface area (Å²) in [6, 6.07) is 18.3. The Morgan fingerprint density at radius 1 is 0.900 bits per heavy atom. The first-order valence-corrected chi connectivity index (χ1v) is 11.2. The van der Waals surface area contributed by atoms with E-state index < -0.39 is 16.0 Å². The molecule has 0 unspecified atom stereocenters. The number of ether oxygens (including phenoxy) is 2. The van der Waals surface area contributed by atoms with Gasteiger partial charge in [0.05, 0.1) is 11.3 Å².